The van der Waals surface area contributed by atoms with Crippen LogP contribution in [0.3, 0.4) is 0 Å². The first-order chi connectivity index (χ1) is 5.55. The number of fused-ring (bicyclic) bond motifs is 1. The van der Waals surface area contributed by atoms with Crippen LogP contribution >= 0.6 is 0 Å². The summed E-state index contributed by atoms with van der Waals surface area (Å²) in [4.78, 5) is 11.2. The van der Waals surface area contributed by atoms with Gasteiger partial charge in [-0.25, -0.2) is 0 Å². The minimum absolute atomic E-state index is 0.0336. The largest absolute Gasteiger partial charge is 0.382 e. The number of aliphatic hydroxyl groups is 1. The molecule has 0 aromatic heterocycles. The Labute approximate surface area is 71.7 Å². The van der Waals surface area contributed by atoms with Gasteiger partial charge in [-0.3, -0.25) is 4.79 Å². The maximum atomic E-state index is 11.2. The van der Waals surface area contributed by atoms with Gasteiger partial charge in [0.2, 0.25) is 0 Å². The Kier molecular flexibility index (Phi) is 1.57. The predicted octanol–water partition coefficient (Wildman–Crippen LogP) is 0.504. The minimum atomic E-state index is -1.11. The van der Waals surface area contributed by atoms with Crippen molar-refractivity contribution in [1.82, 2.24) is 0 Å². The summed E-state index contributed by atoms with van der Waals surface area (Å²) < 4.78 is 5.32. The first-order valence-electron chi connectivity index (χ1n) is 4.44. The fourth-order valence-corrected chi connectivity index (χ4v) is 2.19. The summed E-state index contributed by atoms with van der Waals surface area (Å²) in [5.74, 6) is -0.155. The molecule has 2 aliphatic rings. The van der Waals surface area contributed by atoms with Crippen LogP contribution < -0.4 is 0 Å². The van der Waals surface area contributed by atoms with Crippen LogP contribution in [0.4, 0.5) is 0 Å². The average Bonchev–Trinajstić information content (AvgIpc) is 2.76. The second kappa shape index (κ2) is 2.30. The molecule has 12 heavy (non-hydrogen) atoms. The van der Waals surface area contributed by atoms with E-state index in [1.54, 1.807) is 0 Å². The summed E-state index contributed by atoms with van der Waals surface area (Å²) in [7, 11) is 0. The number of epoxide rings is 1. The zero-order valence-corrected chi connectivity index (χ0v) is 7.41. The number of Topliss-reactive ketones (excluding diaryl/α,β-unsaturated/α-hetero) is 1. The lowest BCUT2D eigenvalue weighted by Crippen LogP contribution is -2.48. The van der Waals surface area contributed by atoms with Crippen molar-refractivity contribution in [2.24, 2.45) is 5.92 Å². The van der Waals surface area contributed by atoms with E-state index < -0.39 is 5.60 Å². The van der Waals surface area contributed by atoms with Crippen molar-refractivity contribution in [2.45, 2.75) is 44.5 Å². The highest BCUT2D eigenvalue weighted by Gasteiger charge is 2.57. The Bertz CT molecular complexity index is 226. The highest BCUT2D eigenvalue weighted by atomic mass is 16.6. The van der Waals surface area contributed by atoms with E-state index in [-0.39, 0.29) is 17.8 Å². The van der Waals surface area contributed by atoms with Gasteiger partial charge in [0.1, 0.15) is 5.60 Å². The zero-order chi connectivity index (χ0) is 8.93. The molecule has 3 heteroatoms. The molecule has 0 aromatic carbocycles. The molecule has 0 unspecified atom stereocenters. The maximum absolute atomic E-state index is 11.2. The molecule has 1 N–H and O–H groups in total. The van der Waals surface area contributed by atoms with E-state index in [0.29, 0.717) is 12.5 Å². The van der Waals surface area contributed by atoms with Crippen molar-refractivity contribution >= 4 is 5.78 Å². The third-order valence-electron chi connectivity index (χ3n) is 3.29. The Balaban J connectivity index is 2.19. The molecule has 0 radical (unpaired) electrons. The first-order valence-corrected chi connectivity index (χ1v) is 4.44. The summed E-state index contributed by atoms with van der Waals surface area (Å²) >= 11 is 0. The smallest absolute Gasteiger partial charge is 0.161 e. The molecule has 0 spiro atoms. The molecule has 4 atom stereocenters. The van der Waals surface area contributed by atoms with Gasteiger partial charge in [-0.15, -0.1) is 0 Å². The van der Waals surface area contributed by atoms with Crippen molar-refractivity contribution in [3.63, 3.8) is 0 Å². The Hall–Kier alpha value is -0.410. The summed E-state index contributed by atoms with van der Waals surface area (Å²) in [6.45, 7) is 3.35. The molecule has 3 nitrogen and oxygen atoms in total. The van der Waals surface area contributed by atoms with Crippen LogP contribution in [-0.2, 0) is 9.53 Å². The number of rotatable bonds is 1. The van der Waals surface area contributed by atoms with Crippen molar-refractivity contribution in [2.75, 3.05) is 0 Å². The van der Waals surface area contributed by atoms with Crippen LogP contribution in [-0.4, -0.2) is 28.7 Å². The van der Waals surface area contributed by atoms with E-state index in [1.807, 2.05) is 6.92 Å². The molecule has 1 heterocycles. The average molecular weight is 170 g/mol. The van der Waals surface area contributed by atoms with Crippen molar-refractivity contribution < 1.29 is 14.6 Å². The lowest BCUT2D eigenvalue weighted by molar-refractivity contribution is -0.143. The summed E-state index contributed by atoms with van der Waals surface area (Å²) in [5, 5.41) is 9.98. The highest BCUT2D eigenvalue weighted by Crippen LogP contribution is 2.45. The van der Waals surface area contributed by atoms with Gasteiger partial charge in [0, 0.05) is 5.92 Å². The number of carbonyl (C=O) groups excluding carboxylic acids is 1. The van der Waals surface area contributed by atoms with Crippen LogP contribution in [0.1, 0.15) is 26.7 Å². The fraction of sp³-hybridized carbons (Fsp3) is 0.889. The van der Waals surface area contributed by atoms with E-state index in [4.69, 9.17) is 4.74 Å². The van der Waals surface area contributed by atoms with E-state index in [0.717, 1.165) is 6.42 Å². The molecule has 0 aromatic rings. The van der Waals surface area contributed by atoms with E-state index in [2.05, 4.69) is 0 Å². The van der Waals surface area contributed by atoms with E-state index >= 15 is 0 Å². The quantitative estimate of drug-likeness (QED) is 0.583. The number of carbonyl (C=O) groups is 1. The molecule has 2 fully saturated rings. The SMILES string of the molecule is CC(=O)[C@]1(O)CC[C@@H]2O[C@@H]2[C@@H]1C. The standard InChI is InChI=1S/C9H14O3/c1-5-8-7(12-8)3-4-9(5,11)6(2)10/h5,7-8,11H,3-4H2,1-2H3/t5-,7-,8+,9-/m0/s1. The van der Waals surface area contributed by atoms with Crippen molar-refractivity contribution in [1.29, 1.82) is 0 Å². The molecule has 1 aliphatic heterocycles. The zero-order valence-electron chi connectivity index (χ0n) is 7.41. The van der Waals surface area contributed by atoms with Crippen LogP contribution in [0.2, 0.25) is 0 Å². The molecular formula is C9H14O3. The van der Waals surface area contributed by atoms with Crippen molar-refractivity contribution in [3.8, 4) is 0 Å². The first kappa shape index (κ1) is 8.20. The van der Waals surface area contributed by atoms with Crippen molar-refractivity contribution in [3.05, 3.63) is 0 Å². The topological polar surface area (TPSA) is 49.8 Å². The Morgan fingerprint density at radius 1 is 1.67 bits per heavy atom. The van der Waals surface area contributed by atoms with Crippen LogP contribution in [0.15, 0.2) is 0 Å². The van der Waals surface area contributed by atoms with Gasteiger partial charge in [0.15, 0.2) is 5.78 Å². The van der Waals surface area contributed by atoms with Crippen LogP contribution in [0, 0.1) is 5.92 Å². The van der Waals surface area contributed by atoms with Crippen LogP contribution in [0.25, 0.3) is 0 Å². The molecular weight excluding hydrogens is 156 g/mol. The minimum Gasteiger partial charge on any atom is -0.382 e. The highest BCUT2D eigenvalue weighted by molar-refractivity contribution is 5.85. The van der Waals surface area contributed by atoms with Crippen LogP contribution in [0.5, 0.6) is 0 Å². The van der Waals surface area contributed by atoms with E-state index in [9.17, 15) is 9.90 Å². The van der Waals surface area contributed by atoms with Gasteiger partial charge in [0.05, 0.1) is 12.2 Å². The van der Waals surface area contributed by atoms with Gasteiger partial charge in [0.25, 0.3) is 0 Å². The third kappa shape index (κ3) is 0.930. The second-order valence-corrected chi connectivity index (χ2v) is 3.95. The second-order valence-electron chi connectivity index (χ2n) is 3.95. The molecule has 1 saturated carbocycles. The van der Waals surface area contributed by atoms with E-state index in [1.165, 1.54) is 6.92 Å². The molecule has 68 valence electrons. The maximum Gasteiger partial charge on any atom is 0.161 e. The summed E-state index contributed by atoms with van der Waals surface area (Å²) in [5.41, 5.74) is -1.11. The number of ether oxygens (including phenoxy) is 1. The Morgan fingerprint density at radius 2 is 2.33 bits per heavy atom. The monoisotopic (exact) mass is 170 g/mol. The van der Waals surface area contributed by atoms with Gasteiger partial charge in [-0.2, -0.15) is 0 Å². The number of ketones is 1. The van der Waals surface area contributed by atoms with Gasteiger partial charge >= 0.3 is 0 Å². The van der Waals surface area contributed by atoms with Gasteiger partial charge in [-0.05, 0) is 19.8 Å². The van der Waals surface area contributed by atoms with Gasteiger partial charge < -0.3 is 9.84 Å². The number of hydrogen-bond acceptors (Lipinski definition) is 3. The number of hydrogen-bond donors (Lipinski definition) is 1. The normalized spacial score (nSPS) is 51.4. The molecule has 1 aliphatic carbocycles. The summed E-state index contributed by atoms with van der Waals surface area (Å²) in [6, 6.07) is 0. The molecule has 2 rings (SSSR count). The lowest BCUT2D eigenvalue weighted by atomic mass is 9.74. The van der Waals surface area contributed by atoms with Gasteiger partial charge in [-0.1, -0.05) is 6.92 Å². The lowest BCUT2D eigenvalue weighted by Gasteiger charge is -2.33. The Morgan fingerprint density at radius 3 is 2.92 bits per heavy atom. The fourth-order valence-electron chi connectivity index (χ4n) is 2.19. The predicted molar refractivity (Wildman–Crippen MR) is 42.7 cm³/mol. The summed E-state index contributed by atoms with van der Waals surface area (Å²) in [6.07, 6.45) is 1.84. The third-order valence-corrected chi connectivity index (χ3v) is 3.29. The molecule has 0 bridgehead atoms. The molecule has 1 saturated heterocycles. The molecule has 0 amide bonds.